The average molecular weight is 613 g/mol. The van der Waals surface area contributed by atoms with E-state index in [4.69, 9.17) is 51.1 Å². The number of hydrogen-bond donors (Lipinski definition) is 10. The van der Waals surface area contributed by atoms with Gasteiger partial charge in [-0.25, -0.2) is 19.2 Å². The van der Waals surface area contributed by atoms with Crippen LogP contribution in [0.5, 0.6) is 0 Å². The topological polar surface area (TPSA) is 271 Å². The molecule has 0 radical (unpaired) electrons. The van der Waals surface area contributed by atoms with Gasteiger partial charge in [-0.1, -0.05) is 40.2 Å². The van der Waals surface area contributed by atoms with Gasteiger partial charge in [-0.3, -0.25) is 0 Å². The number of aliphatic hydroxyl groups is 6. The van der Waals surface area contributed by atoms with Crippen LogP contribution in [0.3, 0.4) is 0 Å². The fraction of sp³-hybridized carbons (Fsp3) is 0.571. The van der Waals surface area contributed by atoms with Gasteiger partial charge in [0.25, 0.3) is 0 Å². The third-order valence-corrected chi connectivity index (χ3v) is 4.97. The van der Waals surface area contributed by atoms with Crippen molar-refractivity contribution in [3.63, 3.8) is 0 Å². The zero-order valence-corrected chi connectivity index (χ0v) is 25.6. The first kappa shape index (κ1) is 51.3. The Morgan fingerprint density at radius 1 is 0.429 bits per heavy atom. The van der Waals surface area contributed by atoms with E-state index in [1.807, 2.05) is 13.8 Å². The monoisotopic (exact) mass is 612 g/mol. The summed E-state index contributed by atoms with van der Waals surface area (Å²) in [6.07, 6.45) is 1.19. The normalized spacial score (nSPS) is 9.43. The van der Waals surface area contributed by atoms with Crippen molar-refractivity contribution in [1.29, 1.82) is 0 Å². The Morgan fingerprint density at radius 2 is 0.524 bits per heavy atom. The van der Waals surface area contributed by atoms with Crippen molar-refractivity contribution in [2.24, 2.45) is 10.8 Å². The second-order valence-electron chi connectivity index (χ2n) is 9.00. The molecule has 14 nitrogen and oxygen atoms in total. The predicted octanol–water partition coefficient (Wildman–Crippen LogP) is 1.31. The van der Waals surface area contributed by atoms with Gasteiger partial charge in [-0.2, -0.15) is 0 Å². The summed E-state index contributed by atoms with van der Waals surface area (Å²) in [7, 11) is 0. The molecule has 10 N–H and O–H groups in total. The number of carbonyl (C=O) groups is 4. The predicted molar refractivity (Wildman–Crippen MR) is 158 cm³/mol. The smallest absolute Gasteiger partial charge is 0.330 e. The van der Waals surface area contributed by atoms with Crippen molar-refractivity contribution in [1.82, 2.24) is 0 Å². The third kappa shape index (κ3) is 34.6. The zero-order chi connectivity index (χ0) is 35.3. The summed E-state index contributed by atoms with van der Waals surface area (Å²) in [4.78, 5) is 38.4. The van der Waals surface area contributed by atoms with Crippen molar-refractivity contribution in [3.05, 3.63) is 48.6 Å². The fourth-order valence-corrected chi connectivity index (χ4v) is 0.971. The summed E-state index contributed by atoms with van der Waals surface area (Å²) < 4.78 is 0. The first-order valence-electron chi connectivity index (χ1n) is 12.3. The molecule has 0 saturated carbocycles. The van der Waals surface area contributed by atoms with Gasteiger partial charge in [0.05, 0.1) is 39.6 Å². The van der Waals surface area contributed by atoms with E-state index < -0.39 is 34.7 Å². The van der Waals surface area contributed by atoms with Gasteiger partial charge in [-0.15, -0.1) is 0 Å². The van der Waals surface area contributed by atoms with Crippen LogP contribution in [0.4, 0.5) is 0 Å². The molecule has 0 fully saturated rings. The Hall–Kier alpha value is -3.40. The molecule has 42 heavy (non-hydrogen) atoms. The van der Waals surface area contributed by atoms with Crippen molar-refractivity contribution >= 4 is 23.9 Å². The van der Waals surface area contributed by atoms with Gasteiger partial charge in [0.2, 0.25) is 0 Å². The molecule has 248 valence electrons. The Labute approximate surface area is 247 Å². The van der Waals surface area contributed by atoms with Crippen LogP contribution in [0.1, 0.15) is 54.4 Å². The van der Waals surface area contributed by atoms with Crippen molar-refractivity contribution in [2.45, 2.75) is 54.4 Å². The highest BCUT2D eigenvalue weighted by atomic mass is 16.4. The van der Waals surface area contributed by atoms with Crippen LogP contribution in [-0.4, -0.2) is 115 Å². The highest BCUT2D eigenvalue weighted by Crippen LogP contribution is 2.18. The van der Waals surface area contributed by atoms with Crippen LogP contribution in [0.15, 0.2) is 48.6 Å². The van der Waals surface area contributed by atoms with Crippen LogP contribution >= 0.6 is 0 Å². The number of carboxylic acid groups (broad SMARTS) is 4. The molecule has 0 aromatic carbocycles. The van der Waals surface area contributed by atoms with Gasteiger partial charge in [0.1, 0.15) is 0 Å². The minimum Gasteiger partial charge on any atom is -0.478 e. The van der Waals surface area contributed by atoms with Crippen LogP contribution < -0.4 is 0 Å². The van der Waals surface area contributed by atoms with Crippen molar-refractivity contribution < 1.29 is 70.2 Å². The summed E-state index contributed by atoms with van der Waals surface area (Å²) in [6.45, 7) is 21.1. The number of aliphatic carboxylic acids is 4. The van der Waals surface area contributed by atoms with Crippen LogP contribution in [-0.2, 0) is 19.2 Å². The summed E-state index contributed by atoms with van der Waals surface area (Å²) >= 11 is 0. The number of carboxylic acids is 4. The SMILES string of the molecule is C=C(C)C(=O)O.C=C(C)C(=O)O.C=C(C)C(=O)O.C=C(C)C(=O)O.CCC(CO)(CO)CO.CCC(CO)(CO)CO. The quantitative estimate of drug-likeness (QED) is 0.139. The minimum atomic E-state index is -0.935. The minimum absolute atomic E-state index is 0.156. The lowest BCUT2D eigenvalue weighted by molar-refractivity contribution is -0.133. The summed E-state index contributed by atoms with van der Waals surface area (Å²) in [5, 5.41) is 83.5. The Balaban J connectivity index is -0.0000000936. The Morgan fingerprint density at radius 3 is 0.524 bits per heavy atom. The second kappa shape index (κ2) is 30.6. The molecule has 14 heteroatoms. The molecule has 0 aromatic rings. The molecule has 0 amide bonds. The molecule has 0 aliphatic heterocycles. The molecule has 0 spiro atoms. The standard InChI is InChI=1S/2C6H14O3.4C4H6O2/c2*1-2-6(3-7,4-8)5-9;4*1-3(2)4(5)6/h2*7-9H,2-5H2,1H3;4*1H2,2H3,(H,5,6). The van der Waals surface area contributed by atoms with E-state index >= 15 is 0 Å². The number of aliphatic hydroxyl groups excluding tert-OH is 6. The number of rotatable bonds is 12. The summed E-state index contributed by atoms with van der Waals surface area (Å²) in [5.41, 5.74) is -0.630. The maximum Gasteiger partial charge on any atom is 0.330 e. The molecule has 0 aromatic heterocycles. The lowest BCUT2D eigenvalue weighted by atomic mass is 9.88. The molecule has 0 saturated heterocycles. The van der Waals surface area contributed by atoms with Gasteiger partial charge in [0.15, 0.2) is 0 Å². The van der Waals surface area contributed by atoms with Crippen molar-refractivity contribution in [3.8, 4) is 0 Å². The first-order chi connectivity index (χ1) is 19.1. The lowest BCUT2D eigenvalue weighted by Crippen LogP contribution is -2.32. The molecule has 0 aliphatic rings. The Kier molecular flexibility index (Phi) is 37.4. The van der Waals surface area contributed by atoms with E-state index in [2.05, 4.69) is 26.3 Å². The second-order valence-corrected chi connectivity index (χ2v) is 9.00. The number of hydrogen-bond acceptors (Lipinski definition) is 10. The molecule has 0 bridgehead atoms. The van der Waals surface area contributed by atoms with Gasteiger partial charge >= 0.3 is 23.9 Å². The highest BCUT2D eigenvalue weighted by Gasteiger charge is 2.25. The van der Waals surface area contributed by atoms with Crippen LogP contribution in [0.2, 0.25) is 0 Å². The van der Waals surface area contributed by atoms with E-state index in [1.54, 1.807) is 0 Å². The first-order valence-corrected chi connectivity index (χ1v) is 12.3. The van der Waals surface area contributed by atoms with E-state index in [0.29, 0.717) is 12.8 Å². The summed E-state index contributed by atoms with van der Waals surface area (Å²) in [5.74, 6) is -3.74. The van der Waals surface area contributed by atoms with Gasteiger partial charge in [0, 0.05) is 33.1 Å². The van der Waals surface area contributed by atoms with Crippen molar-refractivity contribution in [2.75, 3.05) is 39.6 Å². The van der Waals surface area contributed by atoms with E-state index in [9.17, 15) is 19.2 Å². The molecule has 0 rings (SSSR count). The molecule has 0 heterocycles. The van der Waals surface area contributed by atoms with Crippen LogP contribution in [0, 0.1) is 10.8 Å². The maximum atomic E-state index is 9.60. The fourth-order valence-electron chi connectivity index (χ4n) is 0.971. The Bertz CT molecular complexity index is 623. The van der Waals surface area contributed by atoms with E-state index in [1.165, 1.54) is 27.7 Å². The molecular formula is C28H52O14. The molecule has 0 atom stereocenters. The largest absolute Gasteiger partial charge is 0.478 e. The van der Waals surface area contributed by atoms with Crippen LogP contribution in [0.25, 0.3) is 0 Å². The average Bonchev–Trinajstić information content (AvgIpc) is 2.93. The maximum absolute atomic E-state index is 9.60. The summed E-state index contributed by atoms with van der Waals surface area (Å²) in [6, 6.07) is 0. The highest BCUT2D eigenvalue weighted by molar-refractivity contribution is 5.85. The molecule has 0 unspecified atom stereocenters. The van der Waals surface area contributed by atoms with E-state index in [-0.39, 0.29) is 61.9 Å². The molecular weight excluding hydrogens is 560 g/mol. The van der Waals surface area contributed by atoms with Gasteiger partial charge in [-0.05, 0) is 40.5 Å². The lowest BCUT2D eigenvalue weighted by Gasteiger charge is -2.24. The van der Waals surface area contributed by atoms with E-state index in [0.717, 1.165) is 0 Å². The van der Waals surface area contributed by atoms with Gasteiger partial charge < -0.3 is 51.1 Å². The third-order valence-electron chi connectivity index (χ3n) is 4.97. The molecule has 0 aliphatic carbocycles. The zero-order valence-electron chi connectivity index (χ0n) is 25.6.